The molecule has 1 aromatic heterocycles. The van der Waals surface area contributed by atoms with Crippen molar-refractivity contribution in [1.82, 2.24) is 25.6 Å². The molecule has 2 aliphatic heterocycles. The summed E-state index contributed by atoms with van der Waals surface area (Å²) in [5, 5.41) is 14.5. The predicted octanol–water partition coefficient (Wildman–Crippen LogP) is 1.43. The highest BCUT2D eigenvalue weighted by atomic mass is 16.2. The second-order valence-electron chi connectivity index (χ2n) is 7.60. The number of carbonyl (C=O) groups excluding carboxylic acids is 2. The molecule has 2 atom stereocenters. The van der Waals surface area contributed by atoms with Gasteiger partial charge in [0.05, 0.1) is 11.7 Å². The molecule has 2 aliphatic rings. The number of anilines is 1. The summed E-state index contributed by atoms with van der Waals surface area (Å²) in [6.45, 7) is 5.74. The number of carbonyl (C=O) groups is 2. The molecule has 3 heterocycles. The Kier molecular flexibility index (Phi) is 5.13. The topological polar surface area (TPSA) is 92.2 Å². The van der Waals surface area contributed by atoms with Crippen LogP contribution in [-0.2, 0) is 4.79 Å². The Morgan fingerprint density at radius 2 is 1.93 bits per heavy atom. The molecule has 0 aliphatic carbocycles. The fourth-order valence-corrected chi connectivity index (χ4v) is 4.20. The lowest BCUT2D eigenvalue weighted by Gasteiger charge is -2.23. The Hall–Kier alpha value is -2.74. The molecule has 0 unspecified atom stereocenters. The van der Waals surface area contributed by atoms with Gasteiger partial charge in [-0.1, -0.05) is 23.4 Å². The molecule has 2 aromatic rings. The van der Waals surface area contributed by atoms with Crippen LogP contribution in [-0.4, -0.2) is 52.0 Å². The van der Waals surface area contributed by atoms with Crippen molar-refractivity contribution in [3.63, 3.8) is 0 Å². The van der Waals surface area contributed by atoms with Gasteiger partial charge in [-0.2, -0.15) is 0 Å². The Labute approximate surface area is 164 Å². The summed E-state index contributed by atoms with van der Waals surface area (Å²) in [7, 11) is 0. The largest absolute Gasteiger partial charge is 0.339 e. The number of benzene rings is 1. The van der Waals surface area contributed by atoms with Crippen LogP contribution in [0.4, 0.5) is 5.69 Å². The smallest absolute Gasteiger partial charge is 0.274 e. The van der Waals surface area contributed by atoms with E-state index < -0.39 is 6.04 Å². The lowest BCUT2D eigenvalue weighted by Crippen LogP contribution is -2.42. The number of rotatable bonds is 4. The van der Waals surface area contributed by atoms with E-state index in [1.807, 2.05) is 48.9 Å². The zero-order valence-electron chi connectivity index (χ0n) is 16.3. The van der Waals surface area contributed by atoms with Crippen LogP contribution < -0.4 is 15.5 Å². The highest BCUT2D eigenvalue weighted by Crippen LogP contribution is 2.27. The van der Waals surface area contributed by atoms with Gasteiger partial charge in [0.2, 0.25) is 5.91 Å². The normalized spacial score (nSPS) is 23.2. The second kappa shape index (κ2) is 7.71. The number of hydrogen-bond donors (Lipinski definition) is 2. The zero-order chi connectivity index (χ0) is 19.7. The third-order valence-corrected chi connectivity index (χ3v) is 5.69. The number of para-hydroxylation sites is 1. The van der Waals surface area contributed by atoms with Crippen LogP contribution in [0.3, 0.4) is 0 Å². The summed E-state index contributed by atoms with van der Waals surface area (Å²) in [5.41, 5.74) is 1.91. The first kappa shape index (κ1) is 18.6. The molecule has 0 spiro atoms. The van der Waals surface area contributed by atoms with Gasteiger partial charge in [0.1, 0.15) is 6.04 Å². The summed E-state index contributed by atoms with van der Waals surface area (Å²) in [6.07, 6.45) is 2.51. The molecule has 0 bridgehead atoms. The zero-order valence-corrected chi connectivity index (χ0v) is 16.3. The highest BCUT2D eigenvalue weighted by molar-refractivity contribution is 6.04. The minimum Gasteiger partial charge on any atom is -0.339 e. The molecule has 1 aromatic carbocycles. The third kappa shape index (κ3) is 3.40. The molecule has 28 heavy (non-hydrogen) atoms. The van der Waals surface area contributed by atoms with Crippen molar-refractivity contribution in [2.75, 3.05) is 18.0 Å². The first-order valence-electron chi connectivity index (χ1n) is 9.87. The fraction of sp³-hybridized carbons (Fsp3) is 0.500. The van der Waals surface area contributed by atoms with Crippen LogP contribution in [0.2, 0.25) is 0 Å². The molecule has 148 valence electrons. The molecule has 0 saturated carbocycles. The van der Waals surface area contributed by atoms with Crippen LogP contribution in [0.1, 0.15) is 48.4 Å². The van der Waals surface area contributed by atoms with Crippen molar-refractivity contribution in [3.8, 4) is 0 Å². The maximum absolute atomic E-state index is 12.9. The summed E-state index contributed by atoms with van der Waals surface area (Å²) in [4.78, 5) is 27.4. The number of piperidine rings is 1. The van der Waals surface area contributed by atoms with Gasteiger partial charge >= 0.3 is 0 Å². The van der Waals surface area contributed by atoms with Gasteiger partial charge in [0.25, 0.3) is 5.91 Å². The fourth-order valence-electron chi connectivity index (χ4n) is 4.20. The van der Waals surface area contributed by atoms with E-state index in [0.717, 1.165) is 37.3 Å². The van der Waals surface area contributed by atoms with Crippen LogP contribution in [0.25, 0.3) is 0 Å². The highest BCUT2D eigenvalue weighted by Gasteiger charge is 2.39. The maximum atomic E-state index is 12.9. The van der Waals surface area contributed by atoms with Crippen LogP contribution >= 0.6 is 0 Å². The van der Waals surface area contributed by atoms with Crippen LogP contribution in [0.15, 0.2) is 30.3 Å². The van der Waals surface area contributed by atoms with Crippen molar-refractivity contribution < 1.29 is 9.59 Å². The van der Waals surface area contributed by atoms with E-state index in [0.29, 0.717) is 12.1 Å². The number of nitrogens with zero attached hydrogens (tertiary/aromatic N) is 4. The standard InChI is InChI=1S/C20H26N6O2/c1-13-12-17(20(28)25(13)15-6-4-3-5-7-15)22-19(27)18-14(2)26(24-23-18)16-8-10-21-11-9-16/h3-7,13,16-17,21H,8-12H2,1-2H3,(H,22,27)/t13-,17+/m0/s1. The predicted molar refractivity (Wildman–Crippen MR) is 105 cm³/mol. The van der Waals surface area contributed by atoms with E-state index in [2.05, 4.69) is 20.9 Å². The number of amides is 2. The van der Waals surface area contributed by atoms with Gasteiger partial charge < -0.3 is 15.5 Å². The Morgan fingerprint density at radius 3 is 2.64 bits per heavy atom. The maximum Gasteiger partial charge on any atom is 0.274 e. The number of hydrogen-bond acceptors (Lipinski definition) is 5. The molecular weight excluding hydrogens is 356 g/mol. The molecule has 2 saturated heterocycles. The van der Waals surface area contributed by atoms with Crippen molar-refractivity contribution in [2.45, 2.75) is 51.2 Å². The van der Waals surface area contributed by atoms with Gasteiger partial charge in [0, 0.05) is 11.7 Å². The summed E-state index contributed by atoms with van der Waals surface area (Å²) >= 11 is 0. The molecule has 2 N–H and O–H groups in total. The summed E-state index contributed by atoms with van der Waals surface area (Å²) in [6, 6.07) is 9.28. The van der Waals surface area contributed by atoms with E-state index in [-0.39, 0.29) is 23.9 Å². The lowest BCUT2D eigenvalue weighted by atomic mass is 10.1. The molecule has 8 nitrogen and oxygen atoms in total. The lowest BCUT2D eigenvalue weighted by molar-refractivity contribution is -0.118. The minimum absolute atomic E-state index is 0.0201. The Bertz CT molecular complexity index is 859. The van der Waals surface area contributed by atoms with E-state index in [1.54, 1.807) is 4.90 Å². The average molecular weight is 382 g/mol. The third-order valence-electron chi connectivity index (χ3n) is 5.69. The first-order chi connectivity index (χ1) is 13.6. The molecule has 0 radical (unpaired) electrons. The quantitative estimate of drug-likeness (QED) is 0.835. The summed E-state index contributed by atoms with van der Waals surface area (Å²) < 4.78 is 1.85. The van der Waals surface area contributed by atoms with Crippen molar-refractivity contribution in [3.05, 3.63) is 41.7 Å². The van der Waals surface area contributed by atoms with Crippen molar-refractivity contribution >= 4 is 17.5 Å². The van der Waals surface area contributed by atoms with E-state index in [4.69, 9.17) is 0 Å². The van der Waals surface area contributed by atoms with Gasteiger partial charge in [-0.15, -0.1) is 5.10 Å². The van der Waals surface area contributed by atoms with Crippen molar-refractivity contribution in [1.29, 1.82) is 0 Å². The van der Waals surface area contributed by atoms with Crippen molar-refractivity contribution in [2.24, 2.45) is 0 Å². The van der Waals surface area contributed by atoms with E-state index >= 15 is 0 Å². The Morgan fingerprint density at radius 1 is 1.21 bits per heavy atom. The average Bonchev–Trinajstić information content (AvgIpc) is 3.22. The van der Waals surface area contributed by atoms with Gasteiger partial charge in [-0.3, -0.25) is 9.59 Å². The second-order valence-corrected chi connectivity index (χ2v) is 7.60. The van der Waals surface area contributed by atoms with Gasteiger partial charge in [0.15, 0.2) is 5.69 Å². The monoisotopic (exact) mass is 382 g/mol. The molecule has 2 amide bonds. The molecule has 8 heteroatoms. The molecular formula is C20H26N6O2. The summed E-state index contributed by atoms with van der Waals surface area (Å²) in [5.74, 6) is -0.423. The van der Waals surface area contributed by atoms with Gasteiger partial charge in [-0.25, -0.2) is 4.68 Å². The molecule has 4 rings (SSSR count). The van der Waals surface area contributed by atoms with Gasteiger partial charge in [-0.05, 0) is 58.3 Å². The number of nitrogens with one attached hydrogen (secondary N) is 2. The molecule has 2 fully saturated rings. The SMILES string of the molecule is Cc1c(C(=O)N[C@@H]2C[C@H](C)N(c3ccccc3)C2=O)nnn1C1CCNCC1. The van der Waals surface area contributed by atoms with Crippen LogP contribution in [0, 0.1) is 6.92 Å². The van der Waals surface area contributed by atoms with E-state index in [1.165, 1.54) is 0 Å². The minimum atomic E-state index is -0.550. The van der Waals surface area contributed by atoms with Crippen LogP contribution in [0.5, 0.6) is 0 Å². The first-order valence-corrected chi connectivity index (χ1v) is 9.87. The number of aromatic nitrogens is 3. The van der Waals surface area contributed by atoms with E-state index in [9.17, 15) is 9.59 Å². The Balaban J connectivity index is 1.47.